The molecular formula is C15H27NO3. The first-order chi connectivity index (χ1) is 8.92. The molecule has 0 saturated heterocycles. The number of ether oxygens (including phenoxy) is 2. The Bertz CT molecular complexity index is 366. The minimum atomic E-state index is 0.0907. The summed E-state index contributed by atoms with van der Waals surface area (Å²) in [4.78, 5) is 0. The van der Waals surface area contributed by atoms with Crippen LogP contribution in [0.1, 0.15) is 44.8 Å². The zero-order chi connectivity index (χ0) is 14.3. The van der Waals surface area contributed by atoms with Crippen LogP contribution >= 0.6 is 0 Å². The van der Waals surface area contributed by atoms with Gasteiger partial charge in [-0.1, -0.05) is 0 Å². The summed E-state index contributed by atoms with van der Waals surface area (Å²) in [7, 11) is 0. The average Bonchev–Trinajstić information content (AvgIpc) is 2.66. The fraction of sp³-hybridized carbons (Fsp3) is 0.733. The second-order valence-corrected chi connectivity index (χ2v) is 5.67. The molecule has 0 atom stereocenters. The third-order valence-electron chi connectivity index (χ3n) is 2.67. The van der Waals surface area contributed by atoms with Gasteiger partial charge in [-0.2, -0.15) is 0 Å². The summed E-state index contributed by atoms with van der Waals surface area (Å²) in [6.07, 6.45) is 0. The molecule has 0 aliphatic rings. The standard InChI is InChI=1S/C15H27NO3/c1-6-17-7-8-18-11-13-9-12(2)14(19-13)10-16-15(3,4)5/h9,16H,6-8,10-11H2,1-5H3. The largest absolute Gasteiger partial charge is 0.462 e. The Morgan fingerprint density at radius 3 is 2.53 bits per heavy atom. The van der Waals surface area contributed by atoms with Crippen LogP contribution in [0.3, 0.4) is 0 Å². The topological polar surface area (TPSA) is 43.6 Å². The molecule has 0 amide bonds. The van der Waals surface area contributed by atoms with E-state index in [0.717, 1.165) is 24.7 Å². The van der Waals surface area contributed by atoms with E-state index in [1.165, 1.54) is 5.56 Å². The van der Waals surface area contributed by atoms with E-state index in [9.17, 15) is 0 Å². The van der Waals surface area contributed by atoms with Gasteiger partial charge in [0.2, 0.25) is 0 Å². The van der Waals surface area contributed by atoms with Gasteiger partial charge >= 0.3 is 0 Å². The van der Waals surface area contributed by atoms with E-state index in [1.54, 1.807) is 0 Å². The first-order valence-electron chi connectivity index (χ1n) is 6.91. The molecule has 0 saturated carbocycles. The molecule has 4 nitrogen and oxygen atoms in total. The van der Waals surface area contributed by atoms with Gasteiger partial charge in [-0.3, -0.25) is 0 Å². The third-order valence-corrected chi connectivity index (χ3v) is 2.67. The number of nitrogens with one attached hydrogen (secondary N) is 1. The quantitative estimate of drug-likeness (QED) is 0.737. The molecule has 0 unspecified atom stereocenters. The van der Waals surface area contributed by atoms with Gasteiger partial charge in [0.05, 0.1) is 19.8 Å². The molecule has 0 fully saturated rings. The molecule has 1 heterocycles. The van der Waals surface area contributed by atoms with Crippen molar-refractivity contribution in [1.82, 2.24) is 5.32 Å². The molecule has 1 rings (SSSR count). The van der Waals surface area contributed by atoms with Crippen LogP contribution in [-0.2, 0) is 22.6 Å². The molecule has 1 aromatic rings. The summed E-state index contributed by atoms with van der Waals surface area (Å²) in [6, 6.07) is 2.04. The fourth-order valence-corrected chi connectivity index (χ4v) is 1.62. The number of rotatable bonds is 8. The average molecular weight is 269 g/mol. The second-order valence-electron chi connectivity index (χ2n) is 5.67. The van der Waals surface area contributed by atoms with Gasteiger partial charge in [0, 0.05) is 12.1 Å². The lowest BCUT2D eigenvalue weighted by Crippen LogP contribution is -2.35. The van der Waals surface area contributed by atoms with Crippen LogP contribution in [0, 0.1) is 6.92 Å². The van der Waals surface area contributed by atoms with Gasteiger partial charge in [0.15, 0.2) is 0 Å². The van der Waals surface area contributed by atoms with Gasteiger partial charge in [-0.05, 0) is 46.2 Å². The van der Waals surface area contributed by atoms with Gasteiger partial charge in [-0.15, -0.1) is 0 Å². The smallest absolute Gasteiger partial charge is 0.130 e. The van der Waals surface area contributed by atoms with Crippen molar-refractivity contribution in [3.63, 3.8) is 0 Å². The first kappa shape index (κ1) is 16.2. The molecule has 0 aromatic carbocycles. The van der Waals surface area contributed by atoms with Crippen molar-refractivity contribution in [2.75, 3.05) is 19.8 Å². The molecule has 1 N–H and O–H groups in total. The SMILES string of the molecule is CCOCCOCc1cc(C)c(CNC(C)(C)C)o1. The van der Waals surface area contributed by atoms with Crippen LogP contribution in [0.25, 0.3) is 0 Å². The van der Waals surface area contributed by atoms with Crippen molar-refractivity contribution in [1.29, 1.82) is 0 Å². The maximum atomic E-state index is 5.79. The van der Waals surface area contributed by atoms with Crippen molar-refractivity contribution < 1.29 is 13.9 Å². The highest BCUT2D eigenvalue weighted by atomic mass is 16.5. The third kappa shape index (κ3) is 6.76. The van der Waals surface area contributed by atoms with E-state index in [2.05, 4.69) is 33.0 Å². The maximum absolute atomic E-state index is 5.79. The number of hydrogen-bond donors (Lipinski definition) is 1. The molecule has 0 aliphatic carbocycles. The summed E-state index contributed by atoms with van der Waals surface area (Å²) in [5.41, 5.74) is 1.26. The van der Waals surface area contributed by atoms with Crippen LogP contribution in [0.4, 0.5) is 0 Å². The fourth-order valence-electron chi connectivity index (χ4n) is 1.62. The van der Waals surface area contributed by atoms with Crippen molar-refractivity contribution in [2.45, 2.75) is 53.3 Å². The van der Waals surface area contributed by atoms with E-state index in [4.69, 9.17) is 13.9 Å². The maximum Gasteiger partial charge on any atom is 0.130 e. The monoisotopic (exact) mass is 269 g/mol. The Balaban J connectivity index is 2.36. The van der Waals surface area contributed by atoms with Crippen LogP contribution < -0.4 is 5.32 Å². The summed E-state index contributed by atoms with van der Waals surface area (Å²) >= 11 is 0. The van der Waals surface area contributed by atoms with Crippen LogP contribution in [-0.4, -0.2) is 25.4 Å². The molecule has 0 spiro atoms. The van der Waals surface area contributed by atoms with Crippen molar-refractivity contribution in [3.05, 3.63) is 23.2 Å². The zero-order valence-corrected chi connectivity index (χ0v) is 12.8. The lowest BCUT2D eigenvalue weighted by Gasteiger charge is -2.19. The van der Waals surface area contributed by atoms with Crippen LogP contribution in [0.15, 0.2) is 10.5 Å². The normalized spacial score (nSPS) is 12.1. The lowest BCUT2D eigenvalue weighted by atomic mass is 10.1. The molecule has 110 valence electrons. The minimum absolute atomic E-state index is 0.0907. The van der Waals surface area contributed by atoms with E-state index in [-0.39, 0.29) is 5.54 Å². The van der Waals surface area contributed by atoms with Gasteiger partial charge in [0.1, 0.15) is 18.1 Å². The summed E-state index contributed by atoms with van der Waals surface area (Å²) in [6.45, 7) is 13.7. The first-order valence-corrected chi connectivity index (χ1v) is 6.91. The number of hydrogen-bond acceptors (Lipinski definition) is 4. The van der Waals surface area contributed by atoms with Crippen LogP contribution in [0.5, 0.6) is 0 Å². The molecule has 4 heteroatoms. The predicted molar refractivity (Wildman–Crippen MR) is 76.2 cm³/mol. The lowest BCUT2D eigenvalue weighted by molar-refractivity contribution is 0.0386. The summed E-state index contributed by atoms with van der Waals surface area (Å²) in [5.74, 6) is 1.86. The Hall–Kier alpha value is -0.840. The van der Waals surface area contributed by atoms with Crippen molar-refractivity contribution >= 4 is 0 Å². The molecule has 0 bridgehead atoms. The Morgan fingerprint density at radius 2 is 1.89 bits per heavy atom. The predicted octanol–water partition coefficient (Wildman–Crippen LogP) is 3.03. The van der Waals surface area contributed by atoms with Crippen LogP contribution in [0.2, 0.25) is 0 Å². The Labute approximate surface area is 116 Å². The summed E-state index contributed by atoms with van der Waals surface area (Å²) < 4.78 is 16.5. The zero-order valence-electron chi connectivity index (χ0n) is 12.8. The van der Waals surface area contributed by atoms with Gasteiger partial charge in [0.25, 0.3) is 0 Å². The highest BCUT2D eigenvalue weighted by molar-refractivity contribution is 5.19. The highest BCUT2D eigenvalue weighted by Gasteiger charge is 2.12. The number of furan rings is 1. The van der Waals surface area contributed by atoms with E-state index in [1.807, 2.05) is 13.0 Å². The Morgan fingerprint density at radius 1 is 1.21 bits per heavy atom. The molecule has 19 heavy (non-hydrogen) atoms. The molecule has 1 aromatic heterocycles. The van der Waals surface area contributed by atoms with Gasteiger partial charge in [-0.25, -0.2) is 0 Å². The highest BCUT2D eigenvalue weighted by Crippen LogP contribution is 2.16. The van der Waals surface area contributed by atoms with Gasteiger partial charge < -0.3 is 19.2 Å². The minimum Gasteiger partial charge on any atom is -0.462 e. The Kier molecular flexibility index (Phi) is 6.55. The van der Waals surface area contributed by atoms with E-state index >= 15 is 0 Å². The molecular weight excluding hydrogens is 242 g/mol. The molecule has 0 aliphatic heterocycles. The molecule has 0 radical (unpaired) electrons. The summed E-state index contributed by atoms with van der Waals surface area (Å²) in [5, 5.41) is 3.42. The van der Waals surface area contributed by atoms with Crippen molar-refractivity contribution in [2.24, 2.45) is 0 Å². The number of aryl methyl sites for hydroxylation is 1. The van der Waals surface area contributed by atoms with Crippen molar-refractivity contribution in [3.8, 4) is 0 Å². The van der Waals surface area contributed by atoms with E-state index in [0.29, 0.717) is 19.8 Å². The second kappa shape index (κ2) is 7.68. The van der Waals surface area contributed by atoms with E-state index < -0.39 is 0 Å².